The fraction of sp³-hybridized carbons (Fsp3) is 0.167. The minimum Gasteiger partial charge on any atom is -0.493 e. The Kier molecular flexibility index (Phi) is 8.26. The predicted octanol–water partition coefficient (Wildman–Crippen LogP) is 6.45. The summed E-state index contributed by atoms with van der Waals surface area (Å²) in [7, 11) is 0. The number of thioether (sulfide) groups is 1. The molecule has 6 nitrogen and oxygen atoms in total. The van der Waals surface area contributed by atoms with Crippen molar-refractivity contribution in [3.63, 3.8) is 0 Å². The highest BCUT2D eigenvalue weighted by Crippen LogP contribution is 2.26. The van der Waals surface area contributed by atoms with E-state index in [1.165, 1.54) is 11.3 Å². The van der Waals surface area contributed by atoms with Crippen molar-refractivity contribution in [1.29, 1.82) is 0 Å². The molecule has 0 bridgehead atoms. The van der Waals surface area contributed by atoms with E-state index in [1.807, 2.05) is 12.1 Å². The van der Waals surface area contributed by atoms with Crippen LogP contribution in [0.2, 0.25) is 15.1 Å². The maximum Gasteiger partial charge on any atom is 0.325 e. The van der Waals surface area contributed by atoms with Gasteiger partial charge < -0.3 is 10.1 Å². The molecule has 2 aromatic carbocycles. The molecule has 3 aromatic rings. The first-order valence-corrected chi connectivity index (χ1v) is 11.4. The standard InChI is InChI=1S/C18H15Cl3N4O2S2/c19-11-1-4-13(5-2-11)27-7-8-28-10-16-24-25-18(29-16)23-17(26)22-15-6-3-12(20)9-14(15)21/h1-6,9H,7-8,10H2,(H2,22,23,25,26). The van der Waals surface area contributed by atoms with E-state index >= 15 is 0 Å². The Balaban J connectivity index is 1.38. The number of urea groups is 1. The molecule has 1 heterocycles. The number of halogens is 3. The number of amides is 2. The Hall–Kier alpha value is -1.71. The van der Waals surface area contributed by atoms with Crippen molar-refractivity contribution in [3.05, 3.63) is 62.5 Å². The molecule has 0 aliphatic rings. The van der Waals surface area contributed by atoms with Gasteiger partial charge in [-0.25, -0.2) is 4.79 Å². The molecule has 0 saturated heterocycles. The summed E-state index contributed by atoms with van der Waals surface area (Å²) < 4.78 is 5.63. The Bertz CT molecular complexity index is 970. The van der Waals surface area contributed by atoms with Crippen LogP contribution in [0.3, 0.4) is 0 Å². The lowest BCUT2D eigenvalue weighted by atomic mass is 10.3. The first-order valence-electron chi connectivity index (χ1n) is 8.31. The number of carbonyl (C=O) groups is 1. The predicted molar refractivity (Wildman–Crippen MR) is 122 cm³/mol. The van der Waals surface area contributed by atoms with Crippen molar-refractivity contribution in [1.82, 2.24) is 10.2 Å². The number of nitrogens with one attached hydrogen (secondary N) is 2. The van der Waals surface area contributed by atoms with Gasteiger partial charge in [0.25, 0.3) is 0 Å². The van der Waals surface area contributed by atoms with Crippen LogP contribution in [0, 0.1) is 0 Å². The van der Waals surface area contributed by atoms with Crippen molar-refractivity contribution in [3.8, 4) is 5.75 Å². The normalized spacial score (nSPS) is 10.6. The second-order valence-electron chi connectivity index (χ2n) is 5.56. The Labute approximate surface area is 190 Å². The SMILES string of the molecule is O=C(Nc1nnc(CSCCOc2ccc(Cl)cc2)s1)Nc1ccc(Cl)cc1Cl. The lowest BCUT2D eigenvalue weighted by Gasteiger charge is -2.07. The van der Waals surface area contributed by atoms with Gasteiger partial charge >= 0.3 is 6.03 Å². The first kappa shape index (κ1) is 22.0. The molecule has 3 rings (SSSR count). The van der Waals surface area contributed by atoms with E-state index in [0.29, 0.717) is 38.2 Å². The molecule has 152 valence electrons. The molecule has 0 radical (unpaired) electrons. The second-order valence-corrected chi connectivity index (χ2v) is 9.01. The van der Waals surface area contributed by atoms with E-state index in [-0.39, 0.29) is 0 Å². The fourth-order valence-corrected chi connectivity index (χ4v) is 4.29. The maximum atomic E-state index is 12.1. The summed E-state index contributed by atoms with van der Waals surface area (Å²) in [6.07, 6.45) is 0. The van der Waals surface area contributed by atoms with E-state index in [0.717, 1.165) is 16.5 Å². The quantitative estimate of drug-likeness (QED) is 0.355. The lowest BCUT2D eigenvalue weighted by Crippen LogP contribution is -2.19. The van der Waals surface area contributed by atoms with Gasteiger partial charge in [0.15, 0.2) is 0 Å². The summed E-state index contributed by atoms with van der Waals surface area (Å²) >= 11 is 20.7. The van der Waals surface area contributed by atoms with Gasteiger partial charge in [-0.1, -0.05) is 46.1 Å². The number of ether oxygens (including phenoxy) is 1. The molecule has 2 amide bonds. The van der Waals surface area contributed by atoms with Crippen molar-refractivity contribution in [2.24, 2.45) is 0 Å². The van der Waals surface area contributed by atoms with Crippen LogP contribution in [0.1, 0.15) is 5.01 Å². The van der Waals surface area contributed by atoms with Gasteiger partial charge in [-0.05, 0) is 42.5 Å². The molecule has 0 unspecified atom stereocenters. The summed E-state index contributed by atoms with van der Waals surface area (Å²) in [6.45, 7) is 0.570. The highest BCUT2D eigenvalue weighted by molar-refractivity contribution is 7.98. The molecule has 0 aliphatic heterocycles. The van der Waals surface area contributed by atoms with Gasteiger partial charge in [0.2, 0.25) is 5.13 Å². The zero-order chi connectivity index (χ0) is 20.6. The van der Waals surface area contributed by atoms with Crippen LogP contribution in [-0.2, 0) is 5.75 Å². The van der Waals surface area contributed by atoms with Crippen molar-refractivity contribution in [2.45, 2.75) is 5.75 Å². The Morgan fingerprint density at radius 3 is 2.55 bits per heavy atom. The number of rotatable bonds is 8. The zero-order valence-electron chi connectivity index (χ0n) is 14.8. The third-order valence-corrected chi connectivity index (χ3v) is 6.16. The average molecular weight is 490 g/mol. The highest BCUT2D eigenvalue weighted by Gasteiger charge is 2.10. The monoisotopic (exact) mass is 488 g/mol. The minimum atomic E-state index is -0.457. The number of hydrogen-bond acceptors (Lipinski definition) is 6. The van der Waals surface area contributed by atoms with E-state index in [9.17, 15) is 4.79 Å². The van der Waals surface area contributed by atoms with Crippen LogP contribution in [0.5, 0.6) is 5.75 Å². The van der Waals surface area contributed by atoms with Crippen LogP contribution >= 0.6 is 57.9 Å². The lowest BCUT2D eigenvalue weighted by molar-refractivity contribution is 0.262. The molecule has 2 N–H and O–H groups in total. The first-order chi connectivity index (χ1) is 14.0. The number of carbonyl (C=O) groups excluding carboxylic acids is 1. The summed E-state index contributed by atoms with van der Waals surface area (Å²) in [5, 5.41) is 16.1. The smallest absolute Gasteiger partial charge is 0.325 e. The molecule has 0 spiro atoms. The van der Waals surface area contributed by atoms with Crippen molar-refractivity contribution >= 4 is 74.8 Å². The number of aromatic nitrogens is 2. The van der Waals surface area contributed by atoms with Gasteiger partial charge in [0.05, 0.1) is 17.3 Å². The number of hydrogen-bond donors (Lipinski definition) is 2. The Morgan fingerprint density at radius 1 is 1.03 bits per heavy atom. The van der Waals surface area contributed by atoms with E-state index < -0.39 is 6.03 Å². The van der Waals surface area contributed by atoms with Crippen LogP contribution in [-0.4, -0.2) is 28.6 Å². The second kappa shape index (κ2) is 10.9. The number of anilines is 2. The molecule has 11 heteroatoms. The van der Waals surface area contributed by atoms with Crippen LogP contribution in [0.25, 0.3) is 0 Å². The van der Waals surface area contributed by atoms with Crippen LogP contribution < -0.4 is 15.4 Å². The maximum absolute atomic E-state index is 12.1. The van der Waals surface area contributed by atoms with E-state index in [1.54, 1.807) is 42.1 Å². The molecular weight excluding hydrogens is 475 g/mol. The van der Waals surface area contributed by atoms with Crippen LogP contribution in [0.4, 0.5) is 15.6 Å². The highest BCUT2D eigenvalue weighted by atomic mass is 35.5. The summed E-state index contributed by atoms with van der Waals surface area (Å²) in [5.41, 5.74) is 0.453. The summed E-state index contributed by atoms with van der Waals surface area (Å²) in [5.74, 6) is 2.25. The zero-order valence-corrected chi connectivity index (χ0v) is 18.7. The van der Waals surface area contributed by atoms with Crippen molar-refractivity contribution in [2.75, 3.05) is 23.0 Å². The van der Waals surface area contributed by atoms with E-state index in [4.69, 9.17) is 39.5 Å². The van der Waals surface area contributed by atoms with Crippen LogP contribution in [0.15, 0.2) is 42.5 Å². The fourth-order valence-electron chi connectivity index (χ4n) is 2.11. The minimum absolute atomic E-state index is 0.350. The summed E-state index contributed by atoms with van der Waals surface area (Å²) in [6, 6.07) is 11.6. The summed E-state index contributed by atoms with van der Waals surface area (Å²) in [4.78, 5) is 12.1. The molecule has 0 saturated carbocycles. The largest absolute Gasteiger partial charge is 0.493 e. The Morgan fingerprint density at radius 2 is 1.79 bits per heavy atom. The van der Waals surface area contributed by atoms with Gasteiger partial charge in [0.1, 0.15) is 10.8 Å². The topological polar surface area (TPSA) is 76.1 Å². The van der Waals surface area contributed by atoms with Gasteiger partial charge in [-0.2, -0.15) is 11.8 Å². The van der Waals surface area contributed by atoms with Gasteiger partial charge in [-0.15, -0.1) is 10.2 Å². The van der Waals surface area contributed by atoms with Gasteiger partial charge in [-0.3, -0.25) is 5.32 Å². The molecule has 0 fully saturated rings. The van der Waals surface area contributed by atoms with E-state index in [2.05, 4.69) is 20.8 Å². The molecule has 0 atom stereocenters. The number of nitrogens with zero attached hydrogens (tertiary/aromatic N) is 2. The van der Waals surface area contributed by atoms with Gasteiger partial charge in [0, 0.05) is 21.6 Å². The van der Waals surface area contributed by atoms with Crippen molar-refractivity contribution < 1.29 is 9.53 Å². The third-order valence-electron chi connectivity index (χ3n) is 3.40. The molecular formula is C18H15Cl3N4O2S2. The molecule has 0 aliphatic carbocycles. The number of benzene rings is 2. The third kappa shape index (κ3) is 7.24. The molecule has 29 heavy (non-hydrogen) atoms. The molecule has 1 aromatic heterocycles. The average Bonchev–Trinajstić information content (AvgIpc) is 3.12.